The Morgan fingerprint density at radius 1 is 0.312 bits per heavy atom. The van der Waals surface area contributed by atoms with Crippen LogP contribution in [0.25, 0.3) is 0 Å². The predicted octanol–water partition coefficient (Wildman–Crippen LogP) is 17.4. The molecule has 0 unspecified atom stereocenters. The van der Waals surface area contributed by atoms with Gasteiger partial charge in [-0.15, -0.1) is 6.42 Å². The molecular weight excluding hydrogens is 1740 g/mol. The fourth-order valence-electron chi connectivity index (χ4n) is 13.3. The van der Waals surface area contributed by atoms with E-state index in [-0.39, 0.29) is 104 Å². The van der Waals surface area contributed by atoms with Crippen LogP contribution in [0.2, 0.25) is 0 Å². The van der Waals surface area contributed by atoms with Gasteiger partial charge in [0.25, 0.3) is 0 Å². The summed E-state index contributed by atoms with van der Waals surface area (Å²) in [5.74, 6) is 10.9. The zero-order chi connectivity index (χ0) is 86.7. The average molecular weight is 1850 g/mol. The van der Waals surface area contributed by atoms with Gasteiger partial charge in [0, 0.05) is 59.0 Å². The molecule has 14 rings (SSSR count). The second kappa shape index (κ2) is 59.6. The summed E-state index contributed by atoms with van der Waals surface area (Å²) in [5, 5.41) is 22.1. The summed E-state index contributed by atoms with van der Waals surface area (Å²) >= 11 is 11.6. The third kappa shape index (κ3) is 36.4. The van der Waals surface area contributed by atoms with Gasteiger partial charge in [-0.3, -0.25) is 0 Å². The Morgan fingerprint density at radius 2 is 0.520 bits per heavy atom. The minimum Gasteiger partial charge on any atom is -0.793 e. The zero-order valence-corrected chi connectivity index (χ0v) is 77.4. The van der Waals surface area contributed by atoms with Gasteiger partial charge >= 0.3 is 29.6 Å². The van der Waals surface area contributed by atoms with E-state index in [9.17, 15) is 10.2 Å². The van der Waals surface area contributed by atoms with Crippen molar-refractivity contribution in [3.05, 3.63) is 371 Å². The Labute approximate surface area is 781 Å². The number of aromatic hydroxyl groups is 2. The molecule has 6 atom stereocenters. The van der Waals surface area contributed by atoms with Crippen molar-refractivity contribution in [1.82, 2.24) is 0 Å². The van der Waals surface area contributed by atoms with Crippen LogP contribution in [-0.2, 0) is 123 Å². The van der Waals surface area contributed by atoms with Gasteiger partial charge in [0.15, 0.2) is 0 Å². The monoisotopic (exact) mass is 1850 g/mol. The molecule has 0 saturated heterocycles. The first-order valence-electron chi connectivity index (χ1n) is 41.6. The third-order valence-corrected chi connectivity index (χ3v) is 20.4. The van der Waals surface area contributed by atoms with Crippen molar-refractivity contribution >= 4 is 44.5 Å². The van der Waals surface area contributed by atoms with Crippen molar-refractivity contribution in [3.63, 3.8) is 0 Å². The van der Waals surface area contributed by atoms with Crippen molar-refractivity contribution in [2.45, 2.75) is 83.2 Å². The number of benzene rings is 11. The molecular formula is C103H111Br2NaO18S. The maximum atomic E-state index is 11.2. The summed E-state index contributed by atoms with van der Waals surface area (Å²) < 4.78 is 98.2. The van der Waals surface area contributed by atoms with Crippen molar-refractivity contribution in [2.24, 2.45) is 0 Å². The first-order chi connectivity index (χ1) is 61.1. The molecule has 11 aromatic rings. The van der Waals surface area contributed by atoms with E-state index in [1.807, 2.05) is 286 Å². The number of hydrogen-bond donors (Lipinski definition) is 2. The van der Waals surface area contributed by atoms with E-state index < -0.39 is 0 Å². The maximum absolute atomic E-state index is 11.2. The minimum atomic E-state index is -0.279. The van der Waals surface area contributed by atoms with Gasteiger partial charge in [-0.2, -0.15) is 5.75 Å². The summed E-state index contributed by atoms with van der Waals surface area (Å²) in [6.07, 6.45) is 3.66. The van der Waals surface area contributed by atoms with Crippen molar-refractivity contribution < 1.29 is 116 Å². The van der Waals surface area contributed by atoms with Crippen LogP contribution in [0.5, 0.6) is 17.2 Å². The molecule has 0 aliphatic carbocycles. The Kier molecular flexibility index (Phi) is 47.9. The van der Waals surface area contributed by atoms with E-state index in [0.717, 1.165) is 81.6 Å². The van der Waals surface area contributed by atoms with Crippen LogP contribution >= 0.6 is 31.9 Å². The smallest absolute Gasteiger partial charge is 0.793 e. The molecule has 652 valence electrons. The Morgan fingerprint density at radius 3 is 0.752 bits per heavy atom. The molecule has 0 fully saturated rings. The van der Waals surface area contributed by atoms with Crippen LogP contribution in [0.1, 0.15) is 127 Å². The number of phenols is 2. The van der Waals surface area contributed by atoms with Gasteiger partial charge < -0.3 is 98.6 Å². The van der Waals surface area contributed by atoms with E-state index in [4.69, 9.17) is 82.2 Å². The number of terminal acetylenes is 1. The Bertz CT molecular complexity index is 4630. The number of rotatable bonds is 7. The van der Waals surface area contributed by atoms with Crippen LogP contribution < -0.4 is 34.3 Å². The molecule has 0 saturated carbocycles. The molecule has 3 heterocycles. The van der Waals surface area contributed by atoms with Gasteiger partial charge in [-0.05, 0) is 94.0 Å². The number of hydrogen-bond acceptors (Lipinski definition) is 19. The number of fused-ring (bicyclic) bond motifs is 6. The van der Waals surface area contributed by atoms with Crippen molar-refractivity contribution in [1.29, 1.82) is 0 Å². The number of methoxy groups -OCH3 is 1. The summed E-state index contributed by atoms with van der Waals surface area (Å²) in [6.45, 7) is 11.1. The van der Waals surface area contributed by atoms with Crippen molar-refractivity contribution in [2.75, 3.05) is 132 Å². The maximum Gasteiger partial charge on any atom is 1.00 e. The van der Waals surface area contributed by atoms with E-state index >= 15 is 0 Å². The Balaban J connectivity index is 0.000000199. The topological polar surface area (TPSA) is 188 Å². The normalized spacial score (nSPS) is 18.9. The molecule has 125 heavy (non-hydrogen) atoms. The van der Waals surface area contributed by atoms with Gasteiger partial charge in [-0.25, -0.2) is 0 Å². The van der Waals surface area contributed by atoms with Gasteiger partial charge in [0.05, 0.1) is 166 Å². The largest absolute Gasteiger partial charge is 1.00 e. The first kappa shape index (κ1) is 100. The molecule has 2 N–H and O–H groups in total. The molecule has 0 amide bonds. The molecule has 3 aliphatic rings. The molecule has 18 nitrogen and oxygen atoms in total. The standard InChI is InChI=1S/C36H36O6.C29H33BrO6.C28H31BrO6.C8H6.C2H6S.Na/c37-36-32-22-29(17-16-28-10-4-1-5-11-28)23-33(36)25-40-27-35(31-14-8-3-9-15-31)42-21-19-38-18-20-41-34(26-39-24-32)30-12-6-2-7-13-30;1-31-29-24-16-26(30)17-25(29)19-34-21-28(23-10-6-3-7-11-23)36-15-13-32-12-14-35-27(20-33-18-24)22-8-4-2-5-9-22;29-25-15-23-17-32-19-26(21-7-3-1-4-8-21)34-13-11-31-12-14-35-27(22-9-5-2-6-10-22)20-33-18-24(16-25)28(23)30;1-2-8-6-4-3-5-7-8;1-2-3;/h1-15,22-23,34-35,37H,18-21,24-27H2;2-11,16-17,27-28H,12-15,18-21H2,1H3;1-10,15-16,26-27,30H,11-14,17-20H2;1,3-7H;3H,2H2,1H3;/q;;;;;+1/p-1/t34-,35-;27-,28-;26-,27-;;;/m111.../s1. The second-order valence-corrected chi connectivity index (χ2v) is 30.8. The van der Waals surface area contributed by atoms with Crippen molar-refractivity contribution in [3.8, 4) is 41.4 Å². The summed E-state index contributed by atoms with van der Waals surface area (Å²) in [4.78, 5) is 0. The summed E-state index contributed by atoms with van der Waals surface area (Å²) in [6, 6.07) is 91.0. The zero-order valence-electron chi connectivity index (χ0n) is 71.4. The minimum absolute atomic E-state index is 0. The Hall–Kier alpha value is -8.35. The van der Waals surface area contributed by atoms with Gasteiger partial charge in [0.2, 0.25) is 0 Å². The number of ether oxygens (including phenoxy) is 16. The van der Waals surface area contributed by atoms with E-state index in [1.54, 1.807) is 7.11 Å². The van der Waals surface area contributed by atoms with E-state index in [1.165, 1.54) is 0 Å². The van der Waals surface area contributed by atoms with Crippen LogP contribution in [0.3, 0.4) is 0 Å². The molecule has 11 aromatic carbocycles. The molecule has 6 bridgehead atoms. The quantitative estimate of drug-likeness (QED) is 0.0870. The second-order valence-electron chi connectivity index (χ2n) is 28.4. The third-order valence-electron chi connectivity index (χ3n) is 19.4. The van der Waals surface area contributed by atoms with Crippen LogP contribution in [0.15, 0.2) is 288 Å². The fourth-order valence-corrected chi connectivity index (χ4v) is 14.4. The summed E-state index contributed by atoms with van der Waals surface area (Å²) in [7, 11) is 1.67. The molecule has 0 aromatic heterocycles. The van der Waals surface area contributed by atoms with Crippen LogP contribution in [0.4, 0.5) is 0 Å². The first-order valence-corrected chi connectivity index (χ1v) is 43.8. The molecule has 0 spiro atoms. The number of phenolic OH excluding ortho intramolecular Hbond substituents is 2. The average Bonchev–Trinajstić information content (AvgIpc) is 0.834. The molecule has 22 heteroatoms. The van der Waals surface area contributed by atoms with Gasteiger partial charge in [0.1, 0.15) is 53.9 Å². The SMILES string of the molecule is C#Cc1ccccc1.CC[S-].COc1c2cc(Br)cc1COC[C@H](c1ccccc1)OCCOCCO[C@@H](c1ccccc1)COC2.Oc1c2cc(Br)cc1COC[C@H](c1ccccc1)OCCOCCO[C@@H](c1ccccc1)COC2.Oc1c2cc(C#Cc3ccccc3)cc1COC[C@H](c1ccccc1)OCCOCCO[C@@H](c1ccccc1)COC2.[Na+]. The van der Waals surface area contributed by atoms with E-state index in [0.29, 0.717) is 154 Å². The fraction of sp³-hybridized carbons (Fsp3) is 0.320. The molecule has 0 radical (unpaired) electrons. The predicted molar refractivity (Wildman–Crippen MR) is 491 cm³/mol. The van der Waals surface area contributed by atoms with Crippen LogP contribution in [-0.4, -0.2) is 142 Å². The van der Waals surface area contributed by atoms with Crippen LogP contribution in [0, 0.1) is 24.2 Å². The van der Waals surface area contributed by atoms with Gasteiger partial charge in [-0.1, -0.05) is 275 Å². The van der Waals surface area contributed by atoms with E-state index in [2.05, 4.69) is 62.2 Å². The summed E-state index contributed by atoms with van der Waals surface area (Å²) in [5.41, 5.74) is 13.4. The molecule has 3 aliphatic heterocycles. The number of halogens is 2.